The minimum Gasteiger partial charge on any atom is -0.356 e. The first-order valence-electron chi connectivity index (χ1n) is 10.6. The Hall–Kier alpha value is -3.73. The molecular weight excluding hydrogens is 403 g/mol. The number of amides is 1. The van der Waals surface area contributed by atoms with Crippen LogP contribution in [-0.4, -0.2) is 23.2 Å². The number of rotatable bonds is 6. The van der Waals surface area contributed by atoms with Gasteiger partial charge >= 0.3 is 0 Å². The molecule has 0 radical (unpaired) electrons. The van der Waals surface area contributed by atoms with Crippen LogP contribution in [0, 0.1) is 19.7 Å². The third-order valence-electron chi connectivity index (χ3n) is 5.84. The van der Waals surface area contributed by atoms with Gasteiger partial charge in [0.05, 0.1) is 5.52 Å². The van der Waals surface area contributed by atoms with Gasteiger partial charge in [0.15, 0.2) is 5.78 Å². The van der Waals surface area contributed by atoms with Crippen LogP contribution >= 0.6 is 0 Å². The maximum atomic E-state index is 14.1. The standard InChI is InChI=1S/C27H25FN2O2/c1-16-7-12-24(28)26-25(16)23(17(2)30-26)13-14-29-27(32)20-10-8-19(9-11-20)22-6-4-5-21(15-22)18(3)31/h4-12,15,30H,13-14H2,1-3H3,(H,29,32). The molecule has 1 amide bonds. The first-order valence-corrected chi connectivity index (χ1v) is 10.6. The van der Waals surface area contributed by atoms with E-state index in [9.17, 15) is 14.0 Å². The summed E-state index contributed by atoms with van der Waals surface area (Å²) in [5, 5.41) is 3.85. The molecule has 4 aromatic rings. The lowest BCUT2D eigenvalue weighted by Gasteiger charge is -2.08. The van der Waals surface area contributed by atoms with E-state index in [0.29, 0.717) is 29.6 Å². The SMILES string of the molecule is CC(=O)c1cccc(-c2ccc(C(=O)NCCc3c(C)[nH]c4c(F)ccc(C)c34)cc2)c1. The summed E-state index contributed by atoms with van der Waals surface area (Å²) in [6.07, 6.45) is 0.609. The van der Waals surface area contributed by atoms with Gasteiger partial charge in [0.2, 0.25) is 0 Å². The Morgan fingerprint density at radius 3 is 2.41 bits per heavy atom. The van der Waals surface area contributed by atoms with E-state index in [0.717, 1.165) is 33.3 Å². The molecule has 0 saturated heterocycles. The second kappa shape index (κ2) is 8.79. The van der Waals surface area contributed by atoms with Gasteiger partial charge in [-0.2, -0.15) is 0 Å². The van der Waals surface area contributed by atoms with E-state index >= 15 is 0 Å². The van der Waals surface area contributed by atoms with Crippen LogP contribution in [0.1, 0.15) is 44.5 Å². The molecule has 0 atom stereocenters. The molecule has 3 aromatic carbocycles. The van der Waals surface area contributed by atoms with Crippen molar-refractivity contribution < 1.29 is 14.0 Å². The third-order valence-corrected chi connectivity index (χ3v) is 5.84. The number of aromatic nitrogens is 1. The quantitative estimate of drug-likeness (QED) is 0.383. The number of H-pyrrole nitrogens is 1. The average Bonchev–Trinajstić information content (AvgIpc) is 3.14. The first kappa shape index (κ1) is 21.5. The number of benzene rings is 3. The highest BCUT2D eigenvalue weighted by Gasteiger charge is 2.14. The number of fused-ring (bicyclic) bond motifs is 1. The summed E-state index contributed by atoms with van der Waals surface area (Å²) >= 11 is 0. The predicted octanol–water partition coefficient (Wildman–Crippen LogP) is 5.77. The van der Waals surface area contributed by atoms with Crippen molar-refractivity contribution in [1.82, 2.24) is 10.3 Å². The Labute approximate surface area is 186 Å². The van der Waals surface area contributed by atoms with Gasteiger partial charge in [-0.25, -0.2) is 4.39 Å². The molecule has 4 nitrogen and oxygen atoms in total. The second-order valence-electron chi connectivity index (χ2n) is 8.06. The fourth-order valence-electron chi connectivity index (χ4n) is 4.09. The van der Waals surface area contributed by atoms with Crippen LogP contribution in [0.25, 0.3) is 22.0 Å². The van der Waals surface area contributed by atoms with Gasteiger partial charge in [-0.3, -0.25) is 9.59 Å². The molecule has 162 valence electrons. The summed E-state index contributed by atoms with van der Waals surface area (Å²) in [5.41, 5.74) is 6.57. The average molecular weight is 429 g/mol. The molecule has 32 heavy (non-hydrogen) atoms. The Morgan fingerprint density at radius 2 is 1.69 bits per heavy atom. The molecule has 2 N–H and O–H groups in total. The van der Waals surface area contributed by atoms with Crippen molar-refractivity contribution in [2.75, 3.05) is 6.54 Å². The van der Waals surface area contributed by atoms with Gasteiger partial charge in [-0.1, -0.05) is 36.4 Å². The van der Waals surface area contributed by atoms with E-state index in [1.165, 1.54) is 6.07 Å². The molecule has 4 rings (SSSR count). The summed E-state index contributed by atoms with van der Waals surface area (Å²) in [7, 11) is 0. The lowest BCUT2D eigenvalue weighted by Crippen LogP contribution is -2.25. The molecule has 0 bridgehead atoms. The normalized spacial score (nSPS) is 11.0. The van der Waals surface area contributed by atoms with Crippen LogP contribution in [-0.2, 0) is 6.42 Å². The number of Topliss-reactive ketones (excluding diaryl/α,β-unsaturated/α-hetero) is 1. The molecule has 5 heteroatoms. The van der Waals surface area contributed by atoms with Gasteiger partial charge < -0.3 is 10.3 Å². The summed E-state index contributed by atoms with van der Waals surface area (Å²) < 4.78 is 14.1. The monoisotopic (exact) mass is 428 g/mol. The maximum Gasteiger partial charge on any atom is 0.251 e. The minimum atomic E-state index is -0.266. The molecule has 0 unspecified atom stereocenters. The molecule has 1 aromatic heterocycles. The zero-order chi connectivity index (χ0) is 22.8. The van der Waals surface area contributed by atoms with Crippen LogP contribution < -0.4 is 5.32 Å². The highest BCUT2D eigenvalue weighted by molar-refractivity contribution is 5.96. The maximum absolute atomic E-state index is 14.1. The third kappa shape index (κ3) is 4.19. The van der Waals surface area contributed by atoms with Crippen molar-refractivity contribution in [1.29, 1.82) is 0 Å². The molecule has 1 heterocycles. The number of ketones is 1. The molecule has 0 fully saturated rings. The van der Waals surface area contributed by atoms with Crippen LogP contribution in [0.15, 0.2) is 60.7 Å². The molecular formula is C27H25FN2O2. The summed E-state index contributed by atoms with van der Waals surface area (Å²) in [6, 6.07) is 18.0. The van der Waals surface area contributed by atoms with Gasteiger partial charge in [0, 0.05) is 28.8 Å². The number of carbonyl (C=O) groups excluding carboxylic acids is 2. The van der Waals surface area contributed by atoms with Crippen LogP contribution in [0.5, 0.6) is 0 Å². The van der Waals surface area contributed by atoms with E-state index in [1.54, 1.807) is 31.2 Å². The van der Waals surface area contributed by atoms with E-state index in [2.05, 4.69) is 10.3 Å². The van der Waals surface area contributed by atoms with Gasteiger partial charge in [-0.05, 0) is 73.7 Å². The highest BCUT2D eigenvalue weighted by atomic mass is 19.1. The topological polar surface area (TPSA) is 62.0 Å². The van der Waals surface area contributed by atoms with Gasteiger partial charge in [-0.15, -0.1) is 0 Å². The Balaban J connectivity index is 1.44. The van der Waals surface area contributed by atoms with Crippen LogP contribution in [0.4, 0.5) is 4.39 Å². The van der Waals surface area contributed by atoms with Crippen molar-refractivity contribution in [3.63, 3.8) is 0 Å². The highest BCUT2D eigenvalue weighted by Crippen LogP contribution is 2.28. The van der Waals surface area contributed by atoms with E-state index in [1.807, 2.05) is 44.2 Å². The molecule has 0 aliphatic rings. The Morgan fingerprint density at radius 1 is 0.938 bits per heavy atom. The van der Waals surface area contributed by atoms with E-state index in [-0.39, 0.29) is 17.5 Å². The number of carbonyl (C=O) groups is 2. The number of aromatic amines is 1. The second-order valence-corrected chi connectivity index (χ2v) is 8.06. The van der Waals surface area contributed by atoms with Crippen molar-refractivity contribution in [2.45, 2.75) is 27.2 Å². The fraction of sp³-hybridized carbons (Fsp3) is 0.185. The van der Waals surface area contributed by atoms with Gasteiger partial charge in [0.1, 0.15) is 5.82 Å². The number of halogens is 1. The summed E-state index contributed by atoms with van der Waals surface area (Å²) in [6.45, 7) is 5.88. The molecule has 0 aliphatic carbocycles. The Kier molecular flexibility index (Phi) is 5.91. The van der Waals surface area contributed by atoms with Gasteiger partial charge in [0.25, 0.3) is 5.91 Å². The van der Waals surface area contributed by atoms with E-state index in [4.69, 9.17) is 0 Å². The summed E-state index contributed by atoms with van der Waals surface area (Å²) in [5.74, 6) is -0.404. The molecule has 0 spiro atoms. The molecule has 0 aliphatic heterocycles. The van der Waals surface area contributed by atoms with Crippen molar-refractivity contribution in [3.05, 3.63) is 94.4 Å². The lowest BCUT2D eigenvalue weighted by molar-refractivity contribution is 0.0953. The van der Waals surface area contributed by atoms with Crippen LogP contribution in [0.2, 0.25) is 0 Å². The number of hydrogen-bond acceptors (Lipinski definition) is 2. The van der Waals surface area contributed by atoms with Crippen molar-refractivity contribution in [2.24, 2.45) is 0 Å². The Bertz CT molecular complexity index is 1320. The van der Waals surface area contributed by atoms with Crippen molar-refractivity contribution in [3.8, 4) is 11.1 Å². The minimum absolute atomic E-state index is 0.0196. The van der Waals surface area contributed by atoms with Crippen molar-refractivity contribution >= 4 is 22.6 Å². The van der Waals surface area contributed by atoms with Crippen LogP contribution in [0.3, 0.4) is 0 Å². The lowest BCUT2D eigenvalue weighted by atomic mass is 10.0. The largest absolute Gasteiger partial charge is 0.356 e. The number of aryl methyl sites for hydroxylation is 2. The molecule has 0 saturated carbocycles. The smallest absolute Gasteiger partial charge is 0.251 e. The fourth-order valence-corrected chi connectivity index (χ4v) is 4.09. The summed E-state index contributed by atoms with van der Waals surface area (Å²) in [4.78, 5) is 27.4. The number of nitrogens with one attached hydrogen (secondary N) is 2. The zero-order valence-electron chi connectivity index (χ0n) is 18.4. The first-order chi connectivity index (χ1) is 15.3. The predicted molar refractivity (Wildman–Crippen MR) is 126 cm³/mol. The number of hydrogen-bond donors (Lipinski definition) is 2. The van der Waals surface area contributed by atoms with E-state index < -0.39 is 0 Å². The zero-order valence-corrected chi connectivity index (χ0v) is 18.4.